The van der Waals surface area contributed by atoms with Gasteiger partial charge in [0, 0.05) is 24.5 Å². The van der Waals surface area contributed by atoms with E-state index < -0.39 is 0 Å². The van der Waals surface area contributed by atoms with Crippen molar-refractivity contribution in [2.75, 3.05) is 25.1 Å². The quantitative estimate of drug-likeness (QED) is 0.716. The highest BCUT2D eigenvalue weighted by Crippen LogP contribution is 2.17. The van der Waals surface area contributed by atoms with E-state index in [1.54, 1.807) is 0 Å². The second kappa shape index (κ2) is 5.76. The second-order valence-corrected chi connectivity index (χ2v) is 5.62. The van der Waals surface area contributed by atoms with Crippen molar-refractivity contribution in [1.82, 2.24) is 4.90 Å². The highest BCUT2D eigenvalue weighted by atomic mass is 32.2. The molecule has 0 aliphatic carbocycles. The van der Waals surface area contributed by atoms with Crippen LogP contribution in [0.15, 0.2) is 0 Å². The molecule has 1 heterocycles. The molecule has 3 heteroatoms. The fourth-order valence-corrected chi connectivity index (χ4v) is 2.87. The van der Waals surface area contributed by atoms with Crippen LogP contribution >= 0.6 is 11.8 Å². The van der Waals surface area contributed by atoms with E-state index >= 15 is 0 Å². The van der Waals surface area contributed by atoms with Crippen molar-refractivity contribution in [3.63, 3.8) is 0 Å². The Morgan fingerprint density at radius 2 is 2.29 bits per heavy atom. The molecule has 0 saturated carbocycles. The fraction of sp³-hybridized carbons (Fsp3) is 0.909. The van der Waals surface area contributed by atoms with E-state index in [0.717, 1.165) is 25.1 Å². The first-order chi connectivity index (χ1) is 6.61. The summed E-state index contributed by atoms with van der Waals surface area (Å²) in [4.78, 5) is 14.1. The van der Waals surface area contributed by atoms with E-state index in [9.17, 15) is 4.79 Å². The standard InChI is InChI=1S/C11H21NOS/c1-9(2)4-5-11(13)10-8-14-7-6-12(10)3/h9-10H,4-8H2,1-3H3. The van der Waals surface area contributed by atoms with Crippen LogP contribution in [0.5, 0.6) is 0 Å². The van der Waals surface area contributed by atoms with Gasteiger partial charge in [-0.15, -0.1) is 0 Å². The van der Waals surface area contributed by atoms with Gasteiger partial charge in [0.25, 0.3) is 0 Å². The molecule has 0 radical (unpaired) electrons. The van der Waals surface area contributed by atoms with Crippen LogP contribution in [-0.4, -0.2) is 41.8 Å². The fourth-order valence-electron chi connectivity index (χ4n) is 1.62. The maximum absolute atomic E-state index is 11.9. The smallest absolute Gasteiger partial charge is 0.150 e. The lowest BCUT2D eigenvalue weighted by Gasteiger charge is -2.31. The van der Waals surface area contributed by atoms with Crippen molar-refractivity contribution in [3.8, 4) is 0 Å². The molecule has 14 heavy (non-hydrogen) atoms. The lowest BCUT2D eigenvalue weighted by atomic mass is 10.0. The molecule has 0 amide bonds. The molecule has 0 spiro atoms. The zero-order valence-corrected chi connectivity index (χ0v) is 10.3. The van der Waals surface area contributed by atoms with Crippen LogP contribution in [0.4, 0.5) is 0 Å². The molecule has 0 N–H and O–H groups in total. The third kappa shape index (κ3) is 3.62. The monoisotopic (exact) mass is 215 g/mol. The molecule has 0 bridgehead atoms. The summed E-state index contributed by atoms with van der Waals surface area (Å²) in [7, 11) is 2.07. The molecule has 0 aromatic heterocycles. The number of Topliss-reactive ketones (excluding diaryl/α,β-unsaturated/α-hetero) is 1. The van der Waals surface area contributed by atoms with Crippen molar-refractivity contribution in [2.24, 2.45) is 5.92 Å². The zero-order chi connectivity index (χ0) is 10.6. The van der Waals surface area contributed by atoms with Gasteiger partial charge in [-0.25, -0.2) is 0 Å². The first-order valence-corrected chi connectivity index (χ1v) is 6.57. The number of carbonyl (C=O) groups is 1. The molecule has 0 aromatic carbocycles. The lowest BCUT2D eigenvalue weighted by Crippen LogP contribution is -2.44. The van der Waals surface area contributed by atoms with E-state index in [2.05, 4.69) is 25.8 Å². The Balaban J connectivity index is 2.34. The van der Waals surface area contributed by atoms with E-state index in [1.807, 2.05) is 11.8 Å². The first kappa shape index (κ1) is 12.1. The Kier molecular flexibility index (Phi) is 4.96. The summed E-state index contributed by atoms with van der Waals surface area (Å²) >= 11 is 1.91. The molecule has 1 unspecified atom stereocenters. The van der Waals surface area contributed by atoms with Crippen LogP contribution in [-0.2, 0) is 4.79 Å². The van der Waals surface area contributed by atoms with Crippen molar-refractivity contribution in [2.45, 2.75) is 32.7 Å². The summed E-state index contributed by atoms with van der Waals surface area (Å²) in [5, 5.41) is 0. The van der Waals surface area contributed by atoms with Crippen molar-refractivity contribution >= 4 is 17.5 Å². The molecule has 82 valence electrons. The predicted molar refractivity (Wildman–Crippen MR) is 62.8 cm³/mol. The number of ketones is 1. The topological polar surface area (TPSA) is 20.3 Å². The number of carbonyl (C=O) groups excluding carboxylic acids is 1. The van der Waals surface area contributed by atoms with E-state index in [4.69, 9.17) is 0 Å². The van der Waals surface area contributed by atoms with Crippen molar-refractivity contribution < 1.29 is 4.79 Å². The highest BCUT2D eigenvalue weighted by molar-refractivity contribution is 7.99. The summed E-state index contributed by atoms with van der Waals surface area (Å²) < 4.78 is 0. The van der Waals surface area contributed by atoms with Crippen LogP contribution in [0, 0.1) is 5.92 Å². The minimum absolute atomic E-state index is 0.187. The van der Waals surface area contributed by atoms with Gasteiger partial charge in [-0.05, 0) is 19.4 Å². The number of likely N-dealkylation sites (N-methyl/N-ethyl adjacent to an activating group) is 1. The SMILES string of the molecule is CC(C)CCC(=O)C1CSCCN1C. The lowest BCUT2D eigenvalue weighted by molar-refractivity contribution is -0.123. The number of rotatable bonds is 4. The molecule has 1 saturated heterocycles. The Bertz CT molecular complexity index is 194. The highest BCUT2D eigenvalue weighted by Gasteiger charge is 2.25. The van der Waals surface area contributed by atoms with Gasteiger partial charge in [0.15, 0.2) is 5.78 Å². The molecule has 1 rings (SSSR count). The Morgan fingerprint density at radius 3 is 2.86 bits per heavy atom. The van der Waals surface area contributed by atoms with Crippen LogP contribution in [0.2, 0.25) is 0 Å². The average Bonchev–Trinajstić information content (AvgIpc) is 2.15. The van der Waals surface area contributed by atoms with E-state index in [1.165, 1.54) is 5.75 Å². The first-order valence-electron chi connectivity index (χ1n) is 5.42. The van der Waals surface area contributed by atoms with Gasteiger partial charge in [-0.2, -0.15) is 11.8 Å². The maximum Gasteiger partial charge on any atom is 0.150 e. The number of thioether (sulfide) groups is 1. The third-order valence-corrected chi connectivity index (χ3v) is 3.76. The maximum atomic E-state index is 11.9. The Hall–Kier alpha value is -0.0200. The Morgan fingerprint density at radius 1 is 1.57 bits per heavy atom. The van der Waals surface area contributed by atoms with Gasteiger partial charge in [0.2, 0.25) is 0 Å². The van der Waals surface area contributed by atoms with Crippen LogP contribution in [0.25, 0.3) is 0 Å². The summed E-state index contributed by atoms with van der Waals surface area (Å²) in [6, 6.07) is 0.187. The zero-order valence-electron chi connectivity index (χ0n) is 9.45. The average molecular weight is 215 g/mol. The molecule has 1 aliphatic heterocycles. The minimum Gasteiger partial charge on any atom is -0.298 e. The normalized spacial score (nSPS) is 24.1. The van der Waals surface area contributed by atoms with Gasteiger partial charge >= 0.3 is 0 Å². The molecular formula is C11H21NOS. The van der Waals surface area contributed by atoms with E-state index in [0.29, 0.717) is 11.7 Å². The summed E-state index contributed by atoms with van der Waals surface area (Å²) in [6.45, 7) is 5.40. The van der Waals surface area contributed by atoms with Crippen LogP contribution in [0.3, 0.4) is 0 Å². The molecule has 1 fully saturated rings. The molecule has 1 aliphatic rings. The number of hydrogen-bond donors (Lipinski definition) is 0. The second-order valence-electron chi connectivity index (χ2n) is 4.47. The van der Waals surface area contributed by atoms with Gasteiger partial charge in [0.05, 0.1) is 6.04 Å². The third-order valence-electron chi connectivity index (χ3n) is 2.74. The van der Waals surface area contributed by atoms with Gasteiger partial charge < -0.3 is 0 Å². The summed E-state index contributed by atoms with van der Waals surface area (Å²) in [5.41, 5.74) is 0. The predicted octanol–water partition coefficient (Wildman–Crippen LogP) is 2.04. The largest absolute Gasteiger partial charge is 0.298 e. The van der Waals surface area contributed by atoms with Gasteiger partial charge in [-0.1, -0.05) is 13.8 Å². The van der Waals surface area contributed by atoms with Crippen molar-refractivity contribution in [3.05, 3.63) is 0 Å². The van der Waals surface area contributed by atoms with Crippen LogP contribution in [0.1, 0.15) is 26.7 Å². The Labute approximate surface area is 91.4 Å². The molecular weight excluding hydrogens is 194 g/mol. The molecule has 1 atom stereocenters. The van der Waals surface area contributed by atoms with Gasteiger partial charge in [0.1, 0.15) is 0 Å². The minimum atomic E-state index is 0.187. The van der Waals surface area contributed by atoms with E-state index in [-0.39, 0.29) is 6.04 Å². The number of nitrogens with zero attached hydrogens (tertiary/aromatic N) is 1. The van der Waals surface area contributed by atoms with Crippen LogP contribution < -0.4 is 0 Å². The number of hydrogen-bond acceptors (Lipinski definition) is 3. The molecule has 2 nitrogen and oxygen atoms in total. The molecule has 0 aromatic rings. The van der Waals surface area contributed by atoms with Crippen molar-refractivity contribution in [1.29, 1.82) is 0 Å². The summed E-state index contributed by atoms with van der Waals surface area (Å²) in [5.74, 6) is 3.24. The van der Waals surface area contributed by atoms with Gasteiger partial charge in [-0.3, -0.25) is 9.69 Å². The summed E-state index contributed by atoms with van der Waals surface area (Å²) in [6.07, 6.45) is 1.79.